The minimum atomic E-state index is -0.539. The first-order valence-electron chi connectivity index (χ1n) is 8.82. The number of rotatable bonds is 5. The molecule has 0 radical (unpaired) electrons. The molecule has 0 saturated carbocycles. The van der Waals surface area contributed by atoms with E-state index < -0.39 is 11.8 Å². The Bertz CT molecular complexity index is 1000. The van der Waals surface area contributed by atoms with Crippen LogP contribution in [0.25, 0.3) is 6.08 Å². The van der Waals surface area contributed by atoms with Gasteiger partial charge in [0.05, 0.1) is 23.4 Å². The maximum atomic E-state index is 13.0. The first-order valence-corrected chi connectivity index (χ1v) is 10.0. The standard InChI is InChI=1S/C21H19BrN2O4S/c1-12(2)28-18-9-4-13(11-17(18)22)10-16-19(25)23-21(29)24(20(16)26)14-5-7-15(27-3)8-6-14/h4-12H,1-3H3,(H,23,25,29). The van der Waals surface area contributed by atoms with Gasteiger partial charge in [0.2, 0.25) is 0 Å². The highest BCUT2D eigenvalue weighted by Gasteiger charge is 2.34. The van der Waals surface area contributed by atoms with Gasteiger partial charge < -0.3 is 9.47 Å². The molecule has 1 aliphatic heterocycles. The molecule has 2 aromatic carbocycles. The molecule has 1 N–H and O–H groups in total. The first-order chi connectivity index (χ1) is 13.8. The number of carbonyl (C=O) groups is 2. The predicted octanol–water partition coefficient (Wildman–Crippen LogP) is 4.08. The molecule has 150 valence electrons. The number of benzene rings is 2. The van der Waals surface area contributed by atoms with Crippen LogP contribution in [0.5, 0.6) is 11.5 Å². The number of hydrogen-bond acceptors (Lipinski definition) is 5. The van der Waals surface area contributed by atoms with Crippen molar-refractivity contribution >= 4 is 56.8 Å². The third kappa shape index (κ3) is 4.65. The second-order valence-electron chi connectivity index (χ2n) is 6.51. The molecule has 1 aliphatic rings. The van der Waals surface area contributed by atoms with Gasteiger partial charge in [0.15, 0.2) is 5.11 Å². The number of anilines is 1. The zero-order valence-corrected chi connectivity index (χ0v) is 18.5. The van der Waals surface area contributed by atoms with Crippen LogP contribution in [0, 0.1) is 0 Å². The minimum Gasteiger partial charge on any atom is -0.497 e. The van der Waals surface area contributed by atoms with Gasteiger partial charge in [0.1, 0.15) is 17.1 Å². The van der Waals surface area contributed by atoms with E-state index in [4.69, 9.17) is 21.7 Å². The maximum Gasteiger partial charge on any atom is 0.270 e. The lowest BCUT2D eigenvalue weighted by Gasteiger charge is -2.29. The molecule has 2 amide bonds. The van der Waals surface area contributed by atoms with Crippen molar-refractivity contribution in [1.82, 2.24) is 5.32 Å². The molecule has 0 unspecified atom stereocenters. The molecule has 0 spiro atoms. The number of halogens is 1. The van der Waals surface area contributed by atoms with E-state index in [0.717, 1.165) is 4.47 Å². The molecule has 29 heavy (non-hydrogen) atoms. The summed E-state index contributed by atoms with van der Waals surface area (Å²) in [6.45, 7) is 3.87. The van der Waals surface area contributed by atoms with Crippen LogP contribution in [0.3, 0.4) is 0 Å². The van der Waals surface area contributed by atoms with Crippen LogP contribution in [0.4, 0.5) is 5.69 Å². The number of hydrogen-bond donors (Lipinski definition) is 1. The average molecular weight is 475 g/mol. The topological polar surface area (TPSA) is 67.9 Å². The van der Waals surface area contributed by atoms with E-state index in [1.165, 1.54) is 11.0 Å². The van der Waals surface area contributed by atoms with E-state index in [2.05, 4.69) is 21.2 Å². The SMILES string of the molecule is COc1ccc(N2C(=O)C(=Cc3ccc(OC(C)C)c(Br)c3)C(=O)NC2=S)cc1. The van der Waals surface area contributed by atoms with Gasteiger partial charge in [-0.1, -0.05) is 6.07 Å². The van der Waals surface area contributed by atoms with Crippen LogP contribution < -0.4 is 19.7 Å². The Hall–Kier alpha value is -2.71. The summed E-state index contributed by atoms with van der Waals surface area (Å²) in [6.07, 6.45) is 1.56. The van der Waals surface area contributed by atoms with Crippen molar-refractivity contribution in [2.24, 2.45) is 0 Å². The van der Waals surface area contributed by atoms with Gasteiger partial charge in [-0.25, -0.2) is 0 Å². The van der Waals surface area contributed by atoms with Crippen molar-refractivity contribution in [3.05, 3.63) is 58.1 Å². The molecule has 2 aromatic rings. The van der Waals surface area contributed by atoms with Gasteiger partial charge in [-0.05, 0) is 90.0 Å². The van der Waals surface area contributed by atoms with Gasteiger partial charge in [0.25, 0.3) is 11.8 Å². The Morgan fingerprint density at radius 2 is 1.83 bits per heavy atom. The minimum absolute atomic E-state index is 0.0150. The molecular formula is C21H19BrN2O4S. The smallest absolute Gasteiger partial charge is 0.270 e. The molecule has 0 atom stereocenters. The van der Waals surface area contributed by atoms with Crippen molar-refractivity contribution in [3.8, 4) is 11.5 Å². The molecule has 0 bridgehead atoms. The van der Waals surface area contributed by atoms with Gasteiger partial charge >= 0.3 is 0 Å². The number of nitrogens with one attached hydrogen (secondary N) is 1. The number of nitrogens with zero attached hydrogens (tertiary/aromatic N) is 1. The van der Waals surface area contributed by atoms with Crippen molar-refractivity contribution in [2.45, 2.75) is 20.0 Å². The van der Waals surface area contributed by atoms with Crippen LogP contribution in [-0.2, 0) is 9.59 Å². The van der Waals surface area contributed by atoms with Crippen LogP contribution in [0.1, 0.15) is 19.4 Å². The Kier molecular flexibility index (Phi) is 6.34. The summed E-state index contributed by atoms with van der Waals surface area (Å²) in [7, 11) is 1.56. The number of carbonyl (C=O) groups excluding carboxylic acids is 2. The first kappa shape index (κ1) is 21.0. The highest BCUT2D eigenvalue weighted by atomic mass is 79.9. The molecule has 1 heterocycles. The van der Waals surface area contributed by atoms with E-state index in [0.29, 0.717) is 22.7 Å². The monoisotopic (exact) mass is 474 g/mol. The number of ether oxygens (including phenoxy) is 2. The second-order valence-corrected chi connectivity index (χ2v) is 7.75. The van der Waals surface area contributed by atoms with Crippen molar-refractivity contribution in [2.75, 3.05) is 12.0 Å². The number of amides is 2. The van der Waals surface area contributed by atoms with E-state index in [1.54, 1.807) is 49.6 Å². The summed E-state index contributed by atoms with van der Waals surface area (Å²) in [5, 5.41) is 2.60. The molecule has 6 nitrogen and oxygen atoms in total. The van der Waals surface area contributed by atoms with Crippen molar-refractivity contribution < 1.29 is 19.1 Å². The van der Waals surface area contributed by atoms with E-state index in [-0.39, 0.29) is 16.8 Å². The van der Waals surface area contributed by atoms with Gasteiger partial charge in [-0.2, -0.15) is 0 Å². The summed E-state index contributed by atoms with van der Waals surface area (Å²) in [4.78, 5) is 26.8. The molecule has 3 rings (SSSR count). The van der Waals surface area contributed by atoms with Crippen LogP contribution >= 0.6 is 28.1 Å². The Morgan fingerprint density at radius 3 is 2.41 bits per heavy atom. The van der Waals surface area contributed by atoms with Gasteiger partial charge in [-0.3, -0.25) is 19.8 Å². The molecule has 0 aromatic heterocycles. The van der Waals surface area contributed by atoms with Crippen molar-refractivity contribution in [3.63, 3.8) is 0 Å². The van der Waals surface area contributed by atoms with E-state index in [9.17, 15) is 9.59 Å². The lowest BCUT2D eigenvalue weighted by atomic mass is 10.1. The Morgan fingerprint density at radius 1 is 1.14 bits per heavy atom. The lowest BCUT2D eigenvalue weighted by Crippen LogP contribution is -2.54. The normalized spacial score (nSPS) is 15.7. The molecule has 1 saturated heterocycles. The Balaban J connectivity index is 1.93. The fraction of sp³-hybridized carbons (Fsp3) is 0.190. The van der Waals surface area contributed by atoms with Gasteiger partial charge in [0, 0.05) is 0 Å². The number of methoxy groups -OCH3 is 1. The summed E-state index contributed by atoms with van der Waals surface area (Å²) >= 11 is 8.67. The zero-order valence-electron chi connectivity index (χ0n) is 16.1. The maximum absolute atomic E-state index is 13.0. The lowest BCUT2D eigenvalue weighted by molar-refractivity contribution is -0.122. The van der Waals surface area contributed by atoms with Crippen LogP contribution in [0.15, 0.2) is 52.5 Å². The second kappa shape index (κ2) is 8.75. The predicted molar refractivity (Wildman–Crippen MR) is 119 cm³/mol. The van der Waals surface area contributed by atoms with Gasteiger partial charge in [-0.15, -0.1) is 0 Å². The highest BCUT2D eigenvalue weighted by Crippen LogP contribution is 2.29. The fourth-order valence-corrected chi connectivity index (χ4v) is 3.52. The van der Waals surface area contributed by atoms with E-state index in [1.807, 2.05) is 13.8 Å². The Labute approximate surface area is 182 Å². The third-order valence-electron chi connectivity index (χ3n) is 4.06. The fourth-order valence-electron chi connectivity index (χ4n) is 2.75. The molecule has 8 heteroatoms. The molecule has 0 aliphatic carbocycles. The quantitative estimate of drug-likeness (QED) is 0.401. The highest BCUT2D eigenvalue weighted by molar-refractivity contribution is 9.10. The van der Waals surface area contributed by atoms with E-state index >= 15 is 0 Å². The summed E-state index contributed by atoms with van der Waals surface area (Å²) in [5.41, 5.74) is 1.20. The molecular weight excluding hydrogens is 456 g/mol. The largest absolute Gasteiger partial charge is 0.497 e. The van der Waals surface area contributed by atoms with Crippen molar-refractivity contribution in [1.29, 1.82) is 0 Å². The third-order valence-corrected chi connectivity index (χ3v) is 4.97. The zero-order chi connectivity index (χ0) is 21.1. The molecule has 1 fully saturated rings. The van der Waals surface area contributed by atoms with Crippen LogP contribution in [0.2, 0.25) is 0 Å². The average Bonchev–Trinajstić information content (AvgIpc) is 2.67. The summed E-state index contributed by atoms with van der Waals surface area (Å²) in [5.74, 6) is 0.297. The number of thiocarbonyl (C=S) groups is 1. The summed E-state index contributed by atoms with van der Waals surface area (Å²) in [6, 6.07) is 12.2. The van der Waals surface area contributed by atoms with Crippen LogP contribution in [-0.4, -0.2) is 30.1 Å². The summed E-state index contributed by atoms with van der Waals surface area (Å²) < 4.78 is 11.6.